The topological polar surface area (TPSA) is 48.6 Å². The van der Waals surface area contributed by atoms with Gasteiger partial charge in [0.1, 0.15) is 12.7 Å². The van der Waals surface area contributed by atoms with E-state index in [0.29, 0.717) is 5.92 Å². The van der Waals surface area contributed by atoms with E-state index in [1.165, 1.54) is 6.34 Å². The number of aliphatic imine (C=N–C) groups is 2. The molecule has 0 radical (unpaired) electrons. The van der Waals surface area contributed by atoms with Crippen LogP contribution < -0.4 is 0 Å². The second kappa shape index (κ2) is 11.8. The molecule has 0 aromatic rings. The van der Waals surface area contributed by atoms with Gasteiger partial charge in [-0.25, -0.2) is 9.98 Å². The Balaban J connectivity index is 0. The fraction of sp³-hybridized carbons (Fsp3) is 0.625. The van der Waals surface area contributed by atoms with E-state index in [-0.39, 0.29) is 0 Å². The van der Waals surface area contributed by atoms with E-state index in [1.54, 1.807) is 6.21 Å². The van der Waals surface area contributed by atoms with E-state index < -0.39 is 0 Å². The van der Waals surface area contributed by atoms with E-state index in [2.05, 4.69) is 9.98 Å². The summed E-state index contributed by atoms with van der Waals surface area (Å²) in [7, 11) is 0. The molecule has 0 saturated heterocycles. The van der Waals surface area contributed by atoms with Gasteiger partial charge in [-0.15, -0.1) is 0 Å². The van der Waals surface area contributed by atoms with Crippen LogP contribution in [0.5, 0.6) is 0 Å². The minimum absolute atomic E-state index is 0.446. The molecule has 0 spiro atoms. The summed E-state index contributed by atoms with van der Waals surface area (Å²) in [4.78, 5) is 7.26. The largest absolute Gasteiger partial charge is 0.289 e. The highest BCUT2D eigenvalue weighted by Gasteiger charge is 1.79. The lowest BCUT2D eigenvalue weighted by Crippen LogP contribution is -1.86. The van der Waals surface area contributed by atoms with Crippen LogP contribution in [0, 0.1) is 11.3 Å². The van der Waals surface area contributed by atoms with Gasteiger partial charge in [0.05, 0.1) is 0 Å². The molecule has 11 heavy (non-hydrogen) atoms. The Labute approximate surface area is 68.8 Å². The number of rotatable bonds is 3. The Hall–Kier alpha value is -0.990. The maximum absolute atomic E-state index is 6.49. The SMILES string of the molecule is CC.CC(C)C=NC=NC=N. The summed E-state index contributed by atoms with van der Waals surface area (Å²) in [5, 5.41) is 6.49. The van der Waals surface area contributed by atoms with Gasteiger partial charge in [-0.1, -0.05) is 27.7 Å². The summed E-state index contributed by atoms with van der Waals surface area (Å²) in [6.07, 6.45) is 4.08. The standard InChI is InChI=1S/C6H11N3.C2H6/c1-6(2)3-8-5-9-4-7;1-2/h3-7H,1-2H3;1-2H3. The molecule has 64 valence electrons. The quantitative estimate of drug-likeness (QED) is 0.480. The van der Waals surface area contributed by atoms with Crippen molar-refractivity contribution in [3.05, 3.63) is 0 Å². The van der Waals surface area contributed by atoms with Crippen LogP contribution >= 0.6 is 0 Å². The maximum atomic E-state index is 6.49. The lowest BCUT2D eigenvalue weighted by molar-refractivity contribution is 0.909. The molecule has 0 atom stereocenters. The molecule has 3 nitrogen and oxygen atoms in total. The number of nitrogens with zero attached hydrogens (tertiary/aromatic N) is 2. The third-order valence-corrected chi connectivity index (χ3v) is 0.592. The Morgan fingerprint density at radius 1 is 1.18 bits per heavy atom. The zero-order valence-corrected chi connectivity index (χ0v) is 7.70. The number of nitrogens with one attached hydrogen (secondary N) is 1. The third kappa shape index (κ3) is 17.6. The van der Waals surface area contributed by atoms with Gasteiger partial charge in [0, 0.05) is 6.21 Å². The average molecular weight is 155 g/mol. The van der Waals surface area contributed by atoms with Crippen molar-refractivity contribution < 1.29 is 0 Å². The highest BCUT2D eigenvalue weighted by Crippen LogP contribution is 1.82. The molecular weight excluding hydrogens is 138 g/mol. The molecule has 0 rings (SSSR count). The van der Waals surface area contributed by atoms with Crippen molar-refractivity contribution in [3.8, 4) is 0 Å². The van der Waals surface area contributed by atoms with Crippen LogP contribution in [-0.2, 0) is 0 Å². The highest BCUT2D eigenvalue weighted by molar-refractivity contribution is 5.77. The third-order valence-electron chi connectivity index (χ3n) is 0.592. The van der Waals surface area contributed by atoms with E-state index in [9.17, 15) is 0 Å². The molecule has 0 saturated carbocycles. The molecule has 0 bridgehead atoms. The van der Waals surface area contributed by atoms with Gasteiger partial charge in [0.2, 0.25) is 0 Å². The van der Waals surface area contributed by atoms with E-state index in [1.807, 2.05) is 27.7 Å². The van der Waals surface area contributed by atoms with Gasteiger partial charge in [-0.2, -0.15) is 0 Å². The average Bonchev–Trinajstić information content (AvgIpc) is 2.02. The first-order chi connectivity index (χ1) is 5.27. The minimum Gasteiger partial charge on any atom is -0.289 e. The lowest BCUT2D eigenvalue weighted by Gasteiger charge is -1.86. The molecule has 0 aromatic heterocycles. The zero-order chi connectivity index (χ0) is 9.11. The predicted molar refractivity (Wildman–Crippen MR) is 52.0 cm³/mol. The lowest BCUT2D eigenvalue weighted by atomic mass is 10.3. The zero-order valence-electron chi connectivity index (χ0n) is 7.70. The van der Waals surface area contributed by atoms with Gasteiger partial charge in [0.25, 0.3) is 0 Å². The first-order valence-corrected chi connectivity index (χ1v) is 3.81. The Morgan fingerprint density at radius 3 is 2.09 bits per heavy atom. The van der Waals surface area contributed by atoms with Crippen molar-refractivity contribution in [1.82, 2.24) is 0 Å². The summed E-state index contributed by atoms with van der Waals surface area (Å²) in [6.45, 7) is 8.06. The van der Waals surface area contributed by atoms with Crippen molar-refractivity contribution in [1.29, 1.82) is 5.41 Å². The summed E-state index contributed by atoms with van der Waals surface area (Å²) < 4.78 is 0. The predicted octanol–water partition coefficient (Wildman–Crippen LogP) is 2.37. The monoisotopic (exact) mass is 155 g/mol. The molecule has 3 heteroatoms. The van der Waals surface area contributed by atoms with Crippen LogP contribution in [-0.4, -0.2) is 18.9 Å². The molecule has 0 aromatic carbocycles. The normalized spacial score (nSPS) is 10.3. The Kier molecular flexibility index (Phi) is 13.5. The van der Waals surface area contributed by atoms with Crippen molar-refractivity contribution in [2.24, 2.45) is 15.9 Å². The summed E-state index contributed by atoms with van der Waals surface area (Å²) in [5.41, 5.74) is 0. The molecule has 0 aliphatic heterocycles. The fourth-order valence-corrected chi connectivity index (χ4v) is 0.282. The van der Waals surface area contributed by atoms with Crippen LogP contribution in [0.15, 0.2) is 9.98 Å². The van der Waals surface area contributed by atoms with E-state index in [4.69, 9.17) is 5.41 Å². The van der Waals surface area contributed by atoms with Gasteiger partial charge >= 0.3 is 0 Å². The second-order valence-corrected chi connectivity index (χ2v) is 1.94. The first kappa shape index (κ1) is 12.7. The Morgan fingerprint density at radius 2 is 1.73 bits per heavy atom. The van der Waals surface area contributed by atoms with Gasteiger partial charge < -0.3 is 0 Å². The van der Waals surface area contributed by atoms with Crippen molar-refractivity contribution in [2.45, 2.75) is 27.7 Å². The van der Waals surface area contributed by atoms with Crippen molar-refractivity contribution in [3.63, 3.8) is 0 Å². The highest BCUT2D eigenvalue weighted by atomic mass is 14.9. The van der Waals surface area contributed by atoms with Crippen LogP contribution in [0.3, 0.4) is 0 Å². The summed E-state index contributed by atoms with van der Waals surface area (Å²) in [6, 6.07) is 0. The van der Waals surface area contributed by atoms with Gasteiger partial charge in [0.15, 0.2) is 0 Å². The number of hydrogen-bond donors (Lipinski definition) is 1. The molecule has 1 N–H and O–H groups in total. The van der Waals surface area contributed by atoms with Crippen LogP contribution in [0.2, 0.25) is 0 Å². The van der Waals surface area contributed by atoms with E-state index >= 15 is 0 Å². The first-order valence-electron chi connectivity index (χ1n) is 3.81. The van der Waals surface area contributed by atoms with E-state index in [0.717, 1.165) is 6.34 Å². The van der Waals surface area contributed by atoms with Crippen LogP contribution in [0.1, 0.15) is 27.7 Å². The second-order valence-electron chi connectivity index (χ2n) is 1.94. The van der Waals surface area contributed by atoms with Gasteiger partial charge in [-0.3, -0.25) is 5.41 Å². The molecule has 0 aliphatic carbocycles. The van der Waals surface area contributed by atoms with Crippen LogP contribution in [0.4, 0.5) is 0 Å². The smallest absolute Gasteiger partial charge is 0.116 e. The fourth-order valence-electron chi connectivity index (χ4n) is 0.282. The Bertz CT molecular complexity index is 125. The number of hydrogen-bond acceptors (Lipinski definition) is 1. The summed E-state index contributed by atoms with van der Waals surface area (Å²) in [5.74, 6) is 0.446. The molecular formula is C8H17N3. The molecule has 0 fully saturated rings. The van der Waals surface area contributed by atoms with Crippen LogP contribution in [0.25, 0.3) is 0 Å². The van der Waals surface area contributed by atoms with Gasteiger partial charge in [-0.05, 0) is 5.92 Å². The maximum Gasteiger partial charge on any atom is 0.116 e. The van der Waals surface area contributed by atoms with Crippen molar-refractivity contribution >= 4 is 18.9 Å². The molecule has 0 unspecified atom stereocenters. The summed E-state index contributed by atoms with van der Waals surface area (Å²) >= 11 is 0. The molecule has 0 heterocycles. The van der Waals surface area contributed by atoms with Crippen molar-refractivity contribution in [2.75, 3.05) is 0 Å². The minimum atomic E-state index is 0.446. The molecule has 0 aliphatic rings. The molecule has 0 amide bonds.